The molecule has 0 bridgehead atoms. The van der Waals surface area contributed by atoms with Gasteiger partial charge in [-0.2, -0.15) is 5.26 Å². The number of nitriles is 1. The van der Waals surface area contributed by atoms with E-state index in [1.807, 2.05) is 38.1 Å². The topological polar surface area (TPSA) is 71.3 Å². The van der Waals surface area contributed by atoms with Crippen LogP contribution in [0.2, 0.25) is 0 Å². The second-order valence-corrected chi connectivity index (χ2v) is 4.68. The summed E-state index contributed by atoms with van der Waals surface area (Å²) in [5.74, 6) is 1.12. The molecule has 1 N–H and O–H groups in total. The summed E-state index contributed by atoms with van der Waals surface area (Å²) < 4.78 is 11.0. The van der Waals surface area contributed by atoms with E-state index in [2.05, 4.69) is 5.32 Å². The Balaban J connectivity index is 2.76. The van der Waals surface area contributed by atoms with Gasteiger partial charge in [-0.1, -0.05) is 6.07 Å². The minimum atomic E-state index is -0.227. The number of ether oxygens (including phenoxy) is 2. The summed E-state index contributed by atoms with van der Waals surface area (Å²) in [5.41, 5.74) is 0.843. The fourth-order valence-electron chi connectivity index (χ4n) is 1.82. The first-order valence-corrected chi connectivity index (χ1v) is 7.35. The standard InChI is InChI=1S/C17H22N2O3/c1-4-21-15-8-6-14(12-16(15)22-5-2)7-9-17(20)19-13(3)10-11-18/h6-9,12-13H,4-5,10H2,1-3H3,(H,19,20). The van der Waals surface area contributed by atoms with Crippen LogP contribution in [0.4, 0.5) is 0 Å². The van der Waals surface area contributed by atoms with Gasteiger partial charge in [-0.25, -0.2) is 0 Å². The second-order valence-electron chi connectivity index (χ2n) is 4.68. The summed E-state index contributed by atoms with van der Waals surface area (Å²) in [4.78, 5) is 11.7. The molecule has 1 aromatic rings. The Morgan fingerprint density at radius 3 is 2.64 bits per heavy atom. The molecule has 0 aliphatic rings. The molecular weight excluding hydrogens is 280 g/mol. The molecule has 0 saturated carbocycles. The lowest BCUT2D eigenvalue weighted by Gasteiger charge is -2.11. The maximum atomic E-state index is 11.7. The zero-order valence-electron chi connectivity index (χ0n) is 13.3. The van der Waals surface area contributed by atoms with Gasteiger partial charge in [-0.3, -0.25) is 4.79 Å². The highest BCUT2D eigenvalue weighted by molar-refractivity contribution is 5.92. The highest BCUT2D eigenvalue weighted by Gasteiger charge is 2.06. The van der Waals surface area contributed by atoms with E-state index >= 15 is 0 Å². The zero-order chi connectivity index (χ0) is 16.4. The molecule has 0 spiro atoms. The van der Waals surface area contributed by atoms with Gasteiger partial charge in [-0.05, 0) is 44.5 Å². The van der Waals surface area contributed by atoms with Gasteiger partial charge in [0.15, 0.2) is 11.5 Å². The van der Waals surface area contributed by atoms with Crippen LogP contribution in [-0.2, 0) is 4.79 Å². The van der Waals surface area contributed by atoms with E-state index in [1.54, 1.807) is 13.0 Å². The molecule has 0 aliphatic heterocycles. The van der Waals surface area contributed by atoms with Crippen molar-refractivity contribution in [3.05, 3.63) is 29.8 Å². The monoisotopic (exact) mass is 302 g/mol. The minimum absolute atomic E-state index is 0.165. The lowest BCUT2D eigenvalue weighted by atomic mass is 10.2. The van der Waals surface area contributed by atoms with E-state index < -0.39 is 0 Å². The Hall–Kier alpha value is -2.48. The predicted molar refractivity (Wildman–Crippen MR) is 85.6 cm³/mol. The van der Waals surface area contributed by atoms with Crippen molar-refractivity contribution in [2.75, 3.05) is 13.2 Å². The number of carbonyl (C=O) groups is 1. The van der Waals surface area contributed by atoms with Crippen molar-refractivity contribution in [3.8, 4) is 17.6 Å². The minimum Gasteiger partial charge on any atom is -0.490 e. The molecule has 5 heteroatoms. The van der Waals surface area contributed by atoms with Crippen LogP contribution < -0.4 is 14.8 Å². The van der Waals surface area contributed by atoms with E-state index in [4.69, 9.17) is 14.7 Å². The van der Waals surface area contributed by atoms with Crippen LogP contribution in [0.1, 0.15) is 32.8 Å². The molecule has 1 unspecified atom stereocenters. The Labute approximate surface area is 131 Å². The Morgan fingerprint density at radius 2 is 2.00 bits per heavy atom. The molecule has 0 aliphatic carbocycles. The van der Waals surface area contributed by atoms with E-state index in [-0.39, 0.29) is 18.4 Å². The van der Waals surface area contributed by atoms with Crippen molar-refractivity contribution in [2.24, 2.45) is 0 Å². The molecule has 22 heavy (non-hydrogen) atoms. The maximum Gasteiger partial charge on any atom is 0.244 e. The molecule has 118 valence electrons. The van der Waals surface area contributed by atoms with Crippen LogP contribution in [0.25, 0.3) is 6.08 Å². The van der Waals surface area contributed by atoms with Gasteiger partial charge in [0.05, 0.1) is 25.7 Å². The van der Waals surface area contributed by atoms with E-state index in [0.29, 0.717) is 24.7 Å². The van der Waals surface area contributed by atoms with Crippen molar-refractivity contribution >= 4 is 12.0 Å². The van der Waals surface area contributed by atoms with Gasteiger partial charge in [0.25, 0.3) is 0 Å². The number of carbonyl (C=O) groups excluding carboxylic acids is 1. The molecule has 1 amide bonds. The molecule has 5 nitrogen and oxygen atoms in total. The first-order chi connectivity index (χ1) is 10.6. The molecule has 0 saturated heterocycles. The summed E-state index contributed by atoms with van der Waals surface area (Å²) in [6.07, 6.45) is 3.43. The zero-order valence-corrected chi connectivity index (χ0v) is 13.3. The Kier molecular flexibility index (Phi) is 7.55. The molecular formula is C17H22N2O3. The lowest BCUT2D eigenvalue weighted by Crippen LogP contribution is -2.30. The van der Waals surface area contributed by atoms with Gasteiger partial charge in [0.2, 0.25) is 5.91 Å². The molecule has 0 aromatic heterocycles. The average molecular weight is 302 g/mol. The highest BCUT2D eigenvalue weighted by Crippen LogP contribution is 2.28. The molecule has 0 heterocycles. The number of hydrogen-bond donors (Lipinski definition) is 1. The van der Waals surface area contributed by atoms with Gasteiger partial charge in [0.1, 0.15) is 0 Å². The third-order valence-corrected chi connectivity index (χ3v) is 2.78. The number of nitrogens with one attached hydrogen (secondary N) is 1. The first-order valence-electron chi connectivity index (χ1n) is 7.35. The van der Waals surface area contributed by atoms with Crippen LogP contribution in [0, 0.1) is 11.3 Å². The van der Waals surface area contributed by atoms with Crippen molar-refractivity contribution in [3.63, 3.8) is 0 Å². The van der Waals surface area contributed by atoms with E-state index in [9.17, 15) is 4.79 Å². The summed E-state index contributed by atoms with van der Waals surface area (Å²) in [5, 5.41) is 11.3. The van der Waals surface area contributed by atoms with E-state index in [0.717, 1.165) is 5.56 Å². The fourth-order valence-corrected chi connectivity index (χ4v) is 1.82. The third kappa shape index (κ3) is 5.88. The Bertz CT molecular complexity index is 562. The lowest BCUT2D eigenvalue weighted by molar-refractivity contribution is -0.116. The highest BCUT2D eigenvalue weighted by atomic mass is 16.5. The van der Waals surface area contributed by atoms with Crippen molar-refractivity contribution in [2.45, 2.75) is 33.2 Å². The number of rotatable bonds is 8. The van der Waals surface area contributed by atoms with E-state index in [1.165, 1.54) is 6.08 Å². The maximum absolute atomic E-state index is 11.7. The predicted octanol–water partition coefficient (Wildman–Crippen LogP) is 2.92. The van der Waals surface area contributed by atoms with Crippen LogP contribution in [0.3, 0.4) is 0 Å². The largest absolute Gasteiger partial charge is 0.490 e. The molecule has 1 rings (SSSR count). The smallest absolute Gasteiger partial charge is 0.244 e. The SMILES string of the molecule is CCOc1ccc(C=CC(=O)NC(C)CC#N)cc1OCC. The second kappa shape index (κ2) is 9.46. The van der Waals surface area contributed by atoms with Crippen molar-refractivity contribution < 1.29 is 14.3 Å². The van der Waals surface area contributed by atoms with Crippen molar-refractivity contribution in [1.82, 2.24) is 5.32 Å². The molecule has 1 aromatic carbocycles. The third-order valence-electron chi connectivity index (χ3n) is 2.78. The summed E-state index contributed by atoms with van der Waals surface area (Å²) in [6.45, 7) is 6.71. The normalized spacial score (nSPS) is 11.7. The number of nitrogens with zero attached hydrogens (tertiary/aromatic N) is 1. The van der Waals surface area contributed by atoms with Crippen LogP contribution in [0.15, 0.2) is 24.3 Å². The van der Waals surface area contributed by atoms with Crippen LogP contribution in [0.5, 0.6) is 11.5 Å². The Morgan fingerprint density at radius 1 is 1.32 bits per heavy atom. The van der Waals surface area contributed by atoms with Gasteiger partial charge in [0, 0.05) is 12.1 Å². The van der Waals surface area contributed by atoms with Gasteiger partial charge in [-0.15, -0.1) is 0 Å². The summed E-state index contributed by atoms with van der Waals surface area (Å²) in [6, 6.07) is 7.36. The van der Waals surface area contributed by atoms with Crippen molar-refractivity contribution in [1.29, 1.82) is 5.26 Å². The van der Waals surface area contributed by atoms with Gasteiger partial charge < -0.3 is 14.8 Å². The van der Waals surface area contributed by atoms with Gasteiger partial charge >= 0.3 is 0 Å². The number of benzene rings is 1. The van der Waals surface area contributed by atoms with Crippen LogP contribution in [-0.4, -0.2) is 25.2 Å². The summed E-state index contributed by atoms with van der Waals surface area (Å²) >= 11 is 0. The fraction of sp³-hybridized carbons (Fsp3) is 0.412. The van der Waals surface area contributed by atoms with Crippen LogP contribution >= 0.6 is 0 Å². The molecule has 0 radical (unpaired) electrons. The summed E-state index contributed by atoms with van der Waals surface area (Å²) in [7, 11) is 0. The quantitative estimate of drug-likeness (QED) is 0.749. The average Bonchev–Trinajstić information content (AvgIpc) is 2.48. The number of amides is 1. The molecule has 1 atom stereocenters. The first kappa shape index (κ1) is 17.6. The molecule has 0 fully saturated rings. The number of hydrogen-bond acceptors (Lipinski definition) is 4.